The summed E-state index contributed by atoms with van der Waals surface area (Å²) in [6, 6.07) is 10.4. The average molecular weight is 378 g/mol. The predicted octanol–water partition coefficient (Wildman–Crippen LogP) is 1.81. The third-order valence-electron chi connectivity index (χ3n) is 5.45. The maximum atomic E-state index is 11.7. The number of nitrogens with zero attached hydrogens (tertiary/aromatic N) is 4. The third kappa shape index (κ3) is 3.63. The van der Waals surface area contributed by atoms with E-state index in [1.165, 1.54) is 11.3 Å². The van der Waals surface area contributed by atoms with Crippen molar-refractivity contribution in [2.75, 3.05) is 13.6 Å². The lowest BCUT2D eigenvalue weighted by molar-refractivity contribution is -0.119. The largest absolute Gasteiger partial charge is 0.349 e. The van der Waals surface area contributed by atoms with Crippen molar-refractivity contribution in [1.29, 1.82) is 0 Å². The molecule has 3 aromatic heterocycles. The number of nitrogens with one attached hydrogen (secondary N) is 1. The molecule has 0 saturated heterocycles. The molecule has 1 aliphatic carbocycles. The molecule has 0 fully saturated rings. The molecule has 0 bridgehead atoms. The van der Waals surface area contributed by atoms with E-state index in [2.05, 4.69) is 28.3 Å². The lowest BCUT2D eigenvalue weighted by Gasteiger charge is -2.32. The van der Waals surface area contributed by atoms with Gasteiger partial charge in [0.25, 0.3) is 0 Å². The molecule has 0 saturated carbocycles. The summed E-state index contributed by atoms with van der Waals surface area (Å²) >= 11 is 0. The molecule has 28 heavy (non-hydrogen) atoms. The minimum absolute atomic E-state index is 0.0174. The van der Waals surface area contributed by atoms with Crippen LogP contribution < -0.4 is 11.1 Å². The van der Waals surface area contributed by atoms with Gasteiger partial charge in [-0.05, 0) is 50.1 Å². The molecule has 1 atom stereocenters. The normalized spacial score (nSPS) is 16.3. The smallest absolute Gasteiger partial charge is 0.234 e. The standard InChI is InChI=1S/C21H26N6O/c1-26(17-8-4-6-15-7-5-10-23-21(15)17)14-16-18(13-24-20(28)12-22)27-11-3-2-9-19(27)25-16/h2-3,5,7,9-11,17H,4,6,8,12-14,22H2,1H3,(H,24,28). The van der Waals surface area contributed by atoms with Crippen molar-refractivity contribution in [3.8, 4) is 0 Å². The second kappa shape index (κ2) is 8.08. The van der Waals surface area contributed by atoms with E-state index in [9.17, 15) is 4.79 Å². The van der Waals surface area contributed by atoms with Gasteiger partial charge in [0.05, 0.1) is 36.2 Å². The Hall–Kier alpha value is -2.77. The third-order valence-corrected chi connectivity index (χ3v) is 5.45. The lowest BCUT2D eigenvalue weighted by Crippen LogP contribution is -2.31. The fraction of sp³-hybridized carbons (Fsp3) is 0.381. The van der Waals surface area contributed by atoms with Crippen molar-refractivity contribution in [3.63, 3.8) is 0 Å². The second-order valence-electron chi connectivity index (χ2n) is 7.29. The highest BCUT2D eigenvalue weighted by Crippen LogP contribution is 2.33. The molecule has 1 unspecified atom stereocenters. The summed E-state index contributed by atoms with van der Waals surface area (Å²) in [6.45, 7) is 1.08. The van der Waals surface area contributed by atoms with Crippen LogP contribution in [0.2, 0.25) is 0 Å². The summed E-state index contributed by atoms with van der Waals surface area (Å²) in [7, 11) is 2.13. The van der Waals surface area contributed by atoms with Gasteiger partial charge < -0.3 is 15.5 Å². The number of imidazole rings is 1. The molecule has 3 N–H and O–H groups in total. The van der Waals surface area contributed by atoms with Gasteiger partial charge in [0.1, 0.15) is 5.65 Å². The van der Waals surface area contributed by atoms with Crippen molar-refractivity contribution in [3.05, 3.63) is 65.4 Å². The number of aromatic nitrogens is 3. The molecule has 7 nitrogen and oxygen atoms in total. The molecule has 0 aromatic carbocycles. The van der Waals surface area contributed by atoms with Crippen LogP contribution in [0.15, 0.2) is 42.7 Å². The maximum absolute atomic E-state index is 11.7. The minimum atomic E-state index is -0.171. The topological polar surface area (TPSA) is 88.5 Å². The predicted molar refractivity (Wildman–Crippen MR) is 107 cm³/mol. The highest BCUT2D eigenvalue weighted by Gasteiger charge is 2.26. The number of aryl methyl sites for hydroxylation is 1. The molecule has 0 spiro atoms. The fourth-order valence-corrected chi connectivity index (χ4v) is 4.02. The number of amides is 1. The van der Waals surface area contributed by atoms with Crippen LogP contribution in [0.3, 0.4) is 0 Å². The van der Waals surface area contributed by atoms with Crippen molar-refractivity contribution < 1.29 is 4.79 Å². The van der Waals surface area contributed by atoms with E-state index in [1.807, 2.05) is 41.1 Å². The monoisotopic (exact) mass is 378 g/mol. The van der Waals surface area contributed by atoms with Crippen LogP contribution >= 0.6 is 0 Å². The zero-order valence-corrected chi connectivity index (χ0v) is 16.1. The highest BCUT2D eigenvalue weighted by molar-refractivity contribution is 5.77. The van der Waals surface area contributed by atoms with Gasteiger partial charge in [0.15, 0.2) is 0 Å². The number of hydrogen-bond donors (Lipinski definition) is 2. The van der Waals surface area contributed by atoms with Crippen LogP contribution in [0.25, 0.3) is 5.65 Å². The second-order valence-corrected chi connectivity index (χ2v) is 7.29. The van der Waals surface area contributed by atoms with Crippen molar-refractivity contribution in [2.45, 2.75) is 38.4 Å². The van der Waals surface area contributed by atoms with Crippen LogP contribution in [-0.4, -0.2) is 38.8 Å². The first-order valence-electron chi connectivity index (χ1n) is 9.73. The molecular formula is C21H26N6O. The fourth-order valence-electron chi connectivity index (χ4n) is 4.02. The van der Waals surface area contributed by atoms with E-state index >= 15 is 0 Å². The molecule has 3 heterocycles. The molecule has 1 amide bonds. The summed E-state index contributed by atoms with van der Waals surface area (Å²) in [4.78, 5) is 23.5. The van der Waals surface area contributed by atoms with Crippen LogP contribution in [0.1, 0.15) is 41.5 Å². The molecule has 7 heteroatoms. The van der Waals surface area contributed by atoms with Gasteiger partial charge in [0, 0.05) is 18.9 Å². The number of carbonyl (C=O) groups is 1. The first-order valence-corrected chi connectivity index (χ1v) is 9.73. The van der Waals surface area contributed by atoms with Gasteiger partial charge in [-0.1, -0.05) is 12.1 Å². The Bertz CT molecular complexity index is 982. The molecule has 4 rings (SSSR count). The Balaban J connectivity index is 1.61. The number of hydrogen-bond acceptors (Lipinski definition) is 5. The first kappa shape index (κ1) is 18.6. The van der Waals surface area contributed by atoms with Gasteiger partial charge in [-0.15, -0.1) is 0 Å². The quantitative estimate of drug-likeness (QED) is 0.683. The van der Waals surface area contributed by atoms with Crippen LogP contribution in [0.4, 0.5) is 0 Å². The van der Waals surface area contributed by atoms with Gasteiger partial charge in [0.2, 0.25) is 5.91 Å². The van der Waals surface area contributed by atoms with Gasteiger partial charge in [-0.3, -0.25) is 14.7 Å². The van der Waals surface area contributed by atoms with E-state index < -0.39 is 0 Å². The molecule has 146 valence electrons. The summed E-state index contributed by atoms with van der Waals surface area (Å²) in [5.74, 6) is -0.171. The van der Waals surface area contributed by atoms with E-state index in [0.717, 1.165) is 36.3 Å². The molecule has 0 radical (unpaired) electrons. The van der Waals surface area contributed by atoms with Gasteiger partial charge in [-0.2, -0.15) is 0 Å². The minimum Gasteiger partial charge on any atom is -0.349 e. The number of fused-ring (bicyclic) bond motifs is 2. The number of rotatable bonds is 6. The van der Waals surface area contributed by atoms with E-state index in [-0.39, 0.29) is 18.5 Å². The van der Waals surface area contributed by atoms with Crippen molar-refractivity contribution in [2.24, 2.45) is 5.73 Å². The Morgan fingerprint density at radius 2 is 2.25 bits per heavy atom. The van der Waals surface area contributed by atoms with Crippen LogP contribution in [-0.2, 0) is 24.3 Å². The Morgan fingerprint density at radius 1 is 1.36 bits per heavy atom. The highest BCUT2D eigenvalue weighted by atomic mass is 16.1. The van der Waals surface area contributed by atoms with Gasteiger partial charge >= 0.3 is 0 Å². The van der Waals surface area contributed by atoms with E-state index in [4.69, 9.17) is 10.7 Å². The summed E-state index contributed by atoms with van der Waals surface area (Å²) < 4.78 is 2.03. The summed E-state index contributed by atoms with van der Waals surface area (Å²) in [5.41, 5.74) is 10.8. The van der Waals surface area contributed by atoms with Crippen molar-refractivity contribution in [1.82, 2.24) is 24.6 Å². The van der Waals surface area contributed by atoms with E-state index in [0.29, 0.717) is 13.1 Å². The zero-order valence-electron chi connectivity index (χ0n) is 16.1. The van der Waals surface area contributed by atoms with Gasteiger partial charge in [-0.25, -0.2) is 4.98 Å². The SMILES string of the molecule is CN(Cc1nc2ccccn2c1CNC(=O)CN)C1CCCc2cccnc21. The van der Waals surface area contributed by atoms with E-state index in [1.54, 1.807) is 0 Å². The zero-order chi connectivity index (χ0) is 19.5. The summed E-state index contributed by atoms with van der Waals surface area (Å²) in [6.07, 6.45) is 7.21. The van der Waals surface area contributed by atoms with Crippen molar-refractivity contribution >= 4 is 11.6 Å². The number of nitrogens with two attached hydrogens (primary N) is 1. The molecule has 3 aromatic rings. The van der Waals surface area contributed by atoms with Crippen LogP contribution in [0.5, 0.6) is 0 Å². The number of pyridine rings is 2. The van der Waals surface area contributed by atoms with Crippen LogP contribution in [0, 0.1) is 0 Å². The Kier molecular flexibility index (Phi) is 5.36. The molecule has 0 aliphatic heterocycles. The Morgan fingerprint density at radius 3 is 3.11 bits per heavy atom. The molecule has 1 aliphatic rings. The Labute approximate surface area is 164 Å². The number of carbonyl (C=O) groups excluding carboxylic acids is 1. The lowest BCUT2D eigenvalue weighted by atomic mass is 9.91. The average Bonchev–Trinajstić information content (AvgIpc) is 3.08. The summed E-state index contributed by atoms with van der Waals surface area (Å²) in [5, 5.41) is 2.88. The maximum Gasteiger partial charge on any atom is 0.234 e. The first-order chi connectivity index (χ1) is 13.7. The molecular weight excluding hydrogens is 352 g/mol.